The van der Waals surface area contributed by atoms with Crippen molar-refractivity contribution in [2.45, 2.75) is 23.5 Å². The summed E-state index contributed by atoms with van der Waals surface area (Å²) in [6, 6.07) is 42.4. The van der Waals surface area contributed by atoms with E-state index in [4.69, 9.17) is 0 Å². The molecule has 2 N–H and O–H groups in total. The summed E-state index contributed by atoms with van der Waals surface area (Å²) < 4.78 is 0.843. The van der Waals surface area contributed by atoms with Crippen molar-refractivity contribution >= 4 is 15.9 Å². The van der Waals surface area contributed by atoms with Gasteiger partial charge in [0.05, 0.1) is 0 Å². The molecule has 3 atom stereocenters. The maximum Gasteiger partial charge on any atom is 0.141 e. The maximum atomic E-state index is 12.9. The number of halogens is 1. The lowest BCUT2D eigenvalue weighted by molar-refractivity contribution is 0.0699. The summed E-state index contributed by atoms with van der Waals surface area (Å²) in [5.41, 5.74) is 4.86. The maximum absolute atomic E-state index is 12.9. The van der Waals surface area contributed by atoms with Gasteiger partial charge in [-0.05, 0) is 69.1 Å². The summed E-state index contributed by atoms with van der Waals surface area (Å²) in [5.74, 6) is 0.148. The van der Waals surface area contributed by atoms with Gasteiger partial charge in [-0.1, -0.05) is 143 Å². The molecule has 0 heterocycles. The monoisotopic (exact) mass is 596 g/mol. The molecule has 7 rings (SSSR count). The van der Waals surface area contributed by atoms with Gasteiger partial charge in [-0.15, -0.1) is 0 Å². The molecule has 0 spiro atoms. The number of aliphatic hydroxyl groups is 2. The Bertz CT molecular complexity index is 1810. The van der Waals surface area contributed by atoms with Crippen LogP contribution in [0.4, 0.5) is 0 Å². The Labute approximate surface area is 249 Å². The zero-order valence-corrected chi connectivity index (χ0v) is 24.0. The van der Waals surface area contributed by atoms with E-state index in [1.165, 1.54) is 5.56 Å². The molecule has 2 aliphatic rings. The second-order valence-electron chi connectivity index (χ2n) is 10.9. The number of hydrogen-bond acceptors (Lipinski definition) is 2. The van der Waals surface area contributed by atoms with Gasteiger partial charge in [0.1, 0.15) is 11.2 Å². The van der Waals surface area contributed by atoms with E-state index in [0.29, 0.717) is 28.7 Å². The van der Waals surface area contributed by atoms with Crippen molar-refractivity contribution in [1.82, 2.24) is 0 Å². The van der Waals surface area contributed by atoms with E-state index < -0.39 is 11.2 Å². The standard InChI is InChI=1S/C38H29BrO2/c39-32-21-22-35-36(25-32)38(41,31-18-10-16-29(24-31)27-13-5-2-6-14-27)34-20-8-7-19-33(34)37(35,40)30-17-9-15-28(23-30)26-11-3-1-4-12-26/h1-22,24-25,28,40-41H,23H2. The first-order valence-electron chi connectivity index (χ1n) is 13.9. The van der Waals surface area contributed by atoms with E-state index >= 15 is 0 Å². The summed E-state index contributed by atoms with van der Waals surface area (Å²) in [6.07, 6.45) is 6.97. The first-order valence-corrected chi connectivity index (χ1v) is 14.7. The minimum atomic E-state index is -1.48. The molecule has 3 unspecified atom stereocenters. The molecule has 0 fully saturated rings. The molecule has 2 nitrogen and oxygen atoms in total. The normalized spacial score (nSPS) is 22.9. The third kappa shape index (κ3) is 4.16. The predicted molar refractivity (Wildman–Crippen MR) is 169 cm³/mol. The van der Waals surface area contributed by atoms with Crippen LogP contribution in [-0.2, 0) is 11.2 Å². The Morgan fingerprint density at radius 1 is 0.585 bits per heavy atom. The van der Waals surface area contributed by atoms with Gasteiger partial charge in [-0.25, -0.2) is 0 Å². The summed E-state index contributed by atoms with van der Waals surface area (Å²) >= 11 is 3.66. The molecule has 41 heavy (non-hydrogen) atoms. The number of rotatable bonds is 4. The molecule has 0 radical (unpaired) electrons. The largest absolute Gasteiger partial charge is 0.376 e. The minimum absolute atomic E-state index is 0.148. The van der Waals surface area contributed by atoms with Crippen LogP contribution in [0, 0.1) is 0 Å². The van der Waals surface area contributed by atoms with Crippen molar-refractivity contribution in [3.8, 4) is 11.1 Å². The quantitative estimate of drug-likeness (QED) is 0.218. The van der Waals surface area contributed by atoms with E-state index in [1.54, 1.807) is 0 Å². The minimum Gasteiger partial charge on any atom is -0.376 e. The van der Waals surface area contributed by atoms with E-state index in [-0.39, 0.29) is 5.92 Å². The molecule has 0 saturated carbocycles. The van der Waals surface area contributed by atoms with Gasteiger partial charge in [0.25, 0.3) is 0 Å². The highest BCUT2D eigenvalue weighted by Crippen LogP contribution is 2.55. The summed E-state index contributed by atoms with van der Waals surface area (Å²) in [5, 5.41) is 25.9. The molecule has 0 amide bonds. The van der Waals surface area contributed by atoms with E-state index in [0.717, 1.165) is 26.7 Å². The topological polar surface area (TPSA) is 40.5 Å². The van der Waals surface area contributed by atoms with Gasteiger partial charge in [-0.2, -0.15) is 0 Å². The molecular weight excluding hydrogens is 568 g/mol. The lowest BCUT2D eigenvalue weighted by atomic mass is 9.62. The fraction of sp³-hybridized carbons (Fsp3) is 0.105. The first kappa shape index (κ1) is 25.9. The van der Waals surface area contributed by atoms with Crippen molar-refractivity contribution in [2.75, 3.05) is 0 Å². The third-order valence-corrected chi connectivity index (χ3v) is 9.12. The molecule has 200 valence electrons. The Morgan fingerprint density at radius 2 is 1.22 bits per heavy atom. The van der Waals surface area contributed by atoms with Crippen molar-refractivity contribution < 1.29 is 10.2 Å². The van der Waals surface area contributed by atoms with Gasteiger partial charge in [0, 0.05) is 16.0 Å². The molecule has 0 aliphatic heterocycles. The number of benzene rings is 5. The van der Waals surface area contributed by atoms with Crippen LogP contribution in [0.3, 0.4) is 0 Å². The van der Waals surface area contributed by atoms with Crippen LogP contribution in [-0.4, -0.2) is 10.2 Å². The van der Waals surface area contributed by atoms with Crippen molar-refractivity contribution in [3.63, 3.8) is 0 Å². The fourth-order valence-corrected chi connectivity index (χ4v) is 6.98. The van der Waals surface area contributed by atoms with Crippen LogP contribution in [0.25, 0.3) is 11.1 Å². The van der Waals surface area contributed by atoms with Gasteiger partial charge >= 0.3 is 0 Å². The van der Waals surface area contributed by atoms with Gasteiger partial charge in [-0.3, -0.25) is 0 Å². The highest BCUT2D eigenvalue weighted by atomic mass is 79.9. The van der Waals surface area contributed by atoms with Crippen LogP contribution < -0.4 is 0 Å². The smallest absolute Gasteiger partial charge is 0.141 e. The van der Waals surface area contributed by atoms with E-state index in [2.05, 4.69) is 76.6 Å². The molecule has 5 aromatic rings. The molecule has 2 aliphatic carbocycles. The summed E-state index contributed by atoms with van der Waals surface area (Å²) in [4.78, 5) is 0. The average Bonchev–Trinajstić information content (AvgIpc) is 3.04. The Morgan fingerprint density at radius 3 is 1.98 bits per heavy atom. The van der Waals surface area contributed by atoms with E-state index in [9.17, 15) is 10.2 Å². The second kappa shape index (κ2) is 10.1. The number of fused-ring (bicyclic) bond motifs is 2. The fourth-order valence-electron chi connectivity index (χ4n) is 6.62. The molecular formula is C38H29BrO2. The Balaban J connectivity index is 1.44. The number of hydrogen-bond donors (Lipinski definition) is 2. The average molecular weight is 598 g/mol. The molecule has 3 heteroatoms. The van der Waals surface area contributed by atoms with Crippen molar-refractivity contribution in [3.05, 3.63) is 189 Å². The van der Waals surface area contributed by atoms with Gasteiger partial charge in [0.2, 0.25) is 0 Å². The number of allylic oxidation sites excluding steroid dienone is 3. The highest BCUT2D eigenvalue weighted by Gasteiger charge is 2.52. The lowest BCUT2D eigenvalue weighted by Gasteiger charge is -2.46. The first-order chi connectivity index (χ1) is 20.0. The Hall–Kier alpha value is -4.02. The molecule has 0 bridgehead atoms. The van der Waals surface area contributed by atoms with Crippen LogP contribution in [0.2, 0.25) is 0 Å². The van der Waals surface area contributed by atoms with Crippen molar-refractivity contribution in [2.24, 2.45) is 0 Å². The third-order valence-electron chi connectivity index (χ3n) is 8.63. The zero-order chi connectivity index (χ0) is 28.0. The van der Waals surface area contributed by atoms with Gasteiger partial charge in [0.15, 0.2) is 0 Å². The Kier molecular flexibility index (Phi) is 6.39. The molecule has 0 aromatic heterocycles. The molecule has 0 saturated heterocycles. The van der Waals surface area contributed by atoms with Crippen LogP contribution >= 0.6 is 15.9 Å². The van der Waals surface area contributed by atoms with Crippen LogP contribution in [0.15, 0.2) is 156 Å². The van der Waals surface area contributed by atoms with Crippen LogP contribution in [0.1, 0.15) is 45.7 Å². The van der Waals surface area contributed by atoms with Crippen molar-refractivity contribution in [1.29, 1.82) is 0 Å². The zero-order valence-electron chi connectivity index (χ0n) is 22.4. The predicted octanol–water partition coefficient (Wildman–Crippen LogP) is 8.62. The summed E-state index contributed by atoms with van der Waals surface area (Å²) in [6.45, 7) is 0. The second-order valence-corrected chi connectivity index (χ2v) is 11.8. The SMILES string of the molecule is OC1(C2=CC=CC(c3ccccc3)C2)c2ccccc2C(O)(c2cccc(-c3ccccc3)c2)c2cc(Br)ccc21. The lowest BCUT2D eigenvalue weighted by Crippen LogP contribution is -2.45. The summed E-state index contributed by atoms with van der Waals surface area (Å²) in [7, 11) is 0. The van der Waals surface area contributed by atoms with Crippen LogP contribution in [0.5, 0.6) is 0 Å². The van der Waals surface area contributed by atoms with Gasteiger partial charge < -0.3 is 10.2 Å². The highest BCUT2D eigenvalue weighted by molar-refractivity contribution is 9.10. The van der Waals surface area contributed by atoms with E-state index in [1.807, 2.05) is 84.9 Å². The molecule has 5 aromatic carbocycles.